The summed E-state index contributed by atoms with van der Waals surface area (Å²) in [5.74, 6) is -1.07. The van der Waals surface area contributed by atoms with Gasteiger partial charge in [0.1, 0.15) is 0 Å². The lowest BCUT2D eigenvalue weighted by Gasteiger charge is -2.55. The number of carboxylic acids is 1. The van der Waals surface area contributed by atoms with Gasteiger partial charge in [-0.25, -0.2) is 9.59 Å². The van der Waals surface area contributed by atoms with E-state index in [1.54, 1.807) is 0 Å². The van der Waals surface area contributed by atoms with E-state index in [2.05, 4.69) is 4.74 Å². The Balaban J connectivity index is 2.22. The van der Waals surface area contributed by atoms with E-state index in [-0.39, 0.29) is 0 Å². The first kappa shape index (κ1) is 5.52. The molecule has 5 nitrogen and oxygen atoms in total. The van der Waals surface area contributed by atoms with E-state index in [0.717, 1.165) is 0 Å². The molecule has 0 saturated carbocycles. The van der Waals surface area contributed by atoms with Gasteiger partial charge in [0.25, 0.3) is 5.72 Å². The normalized spacial score (nSPS) is 35.2. The van der Waals surface area contributed by atoms with Gasteiger partial charge >= 0.3 is 12.1 Å². The Bertz CT molecular complexity index is 226. The van der Waals surface area contributed by atoms with Crippen molar-refractivity contribution in [1.29, 1.82) is 0 Å². The highest BCUT2D eigenvalue weighted by Crippen LogP contribution is 2.41. The van der Waals surface area contributed by atoms with Gasteiger partial charge in [-0.3, -0.25) is 4.90 Å². The second-order valence-electron chi connectivity index (χ2n) is 2.36. The van der Waals surface area contributed by atoms with Gasteiger partial charge in [-0.05, 0) is 0 Å². The molecule has 2 aliphatic rings. The predicted molar refractivity (Wildman–Crippen MR) is 28.2 cm³/mol. The van der Waals surface area contributed by atoms with Crippen LogP contribution < -0.4 is 0 Å². The molecule has 2 fully saturated rings. The minimum atomic E-state index is -1.27. The molecule has 2 saturated heterocycles. The highest BCUT2D eigenvalue weighted by Gasteiger charge is 2.66. The Labute approximate surface area is 56.2 Å². The molecular formula is C5H5NO4. The Hall–Kier alpha value is -1.26. The zero-order valence-corrected chi connectivity index (χ0v) is 5.03. The van der Waals surface area contributed by atoms with E-state index in [0.29, 0.717) is 13.0 Å². The van der Waals surface area contributed by atoms with Crippen LogP contribution in [0.4, 0.5) is 4.79 Å². The molecule has 0 aromatic rings. The van der Waals surface area contributed by atoms with Crippen LogP contribution in [0.1, 0.15) is 6.42 Å². The van der Waals surface area contributed by atoms with Crippen LogP contribution in [-0.2, 0) is 9.53 Å². The van der Waals surface area contributed by atoms with Crippen molar-refractivity contribution in [1.82, 2.24) is 4.90 Å². The van der Waals surface area contributed by atoms with E-state index in [1.807, 2.05) is 0 Å². The van der Waals surface area contributed by atoms with Crippen LogP contribution >= 0.6 is 0 Å². The molecule has 0 aromatic carbocycles. The third-order valence-corrected chi connectivity index (χ3v) is 1.92. The Morgan fingerprint density at radius 1 is 1.80 bits per heavy atom. The summed E-state index contributed by atoms with van der Waals surface area (Å²) in [7, 11) is 0. The molecule has 2 heterocycles. The van der Waals surface area contributed by atoms with Crippen LogP contribution in [0.2, 0.25) is 0 Å². The van der Waals surface area contributed by atoms with E-state index in [4.69, 9.17) is 5.11 Å². The van der Waals surface area contributed by atoms with Crippen molar-refractivity contribution >= 4 is 12.1 Å². The van der Waals surface area contributed by atoms with Gasteiger partial charge in [0, 0.05) is 13.0 Å². The molecule has 0 spiro atoms. The summed E-state index contributed by atoms with van der Waals surface area (Å²) in [6.45, 7) is 0.505. The minimum absolute atomic E-state index is 0.411. The number of hydrogen-bond acceptors (Lipinski definition) is 3. The zero-order valence-electron chi connectivity index (χ0n) is 5.03. The average molecular weight is 143 g/mol. The standard InChI is InChI=1S/C5H5NO4/c7-3(8)5-1-2-6(5)4(9)10-5/h1-2H2,(H,7,8)/t5-/m0/s1. The van der Waals surface area contributed by atoms with Gasteiger partial charge in [0.15, 0.2) is 0 Å². The van der Waals surface area contributed by atoms with Gasteiger partial charge < -0.3 is 9.84 Å². The molecule has 1 atom stereocenters. The molecule has 0 unspecified atom stereocenters. The van der Waals surface area contributed by atoms with Gasteiger partial charge in [0.05, 0.1) is 0 Å². The molecule has 0 aliphatic carbocycles. The van der Waals surface area contributed by atoms with E-state index >= 15 is 0 Å². The maximum atomic E-state index is 10.4. The number of fused-ring (bicyclic) bond motifs is 1. The smallest absolute Gasteiger partial charge is 0.416 e. The number of rotatable bonds is 1. The van der Waals surface area contributed by atoms with Crippen LogP contribution in [0.25, 0.3) is 0 Å². The fraction of sp³-hybridized carbons (Fsp3) is 0.600. The topological polar surface area (TPSA) is 66.8 Å². The van der Waals surface area contributed by atoms with Crippen LogP contribution in [0.3, 0.4) is 0 Å². The van der Waals surface area contributed by atoms with E-state index in [9.17, 15) is 9.59 Å². The van der Waals surface area contributed by atoms with Crippen LogP contribution in [0.5, 0.6) is 0 Å². The summed E-state index contributed by atoms with van der Waals surface area (Å²) in [4.78, 5) is 22.0. The molecule has 2 rings (SSSR count). The molecule has 2 aliphatic heterocycles. The SMILES string of the molecule is O=C1O[C@]2(C(=O)O)CCN12. The molecule has 5 heteroatoms. The second-order valence-corrected chi connectivity index (χ2v) is 2.36. The first-order valence-electron chi connectivity index (χ1n) is 2.91. The van der Waals surface area contributed by atoms with Crippen molar-refractivity contribution in [2.45, 2.75) is 12.1 Å². The fourth-order valence-corrected chi connectivity index (χ4v) is 1.20. The van der Waals surface area contributed by atoms with Crippen molar-refractivity contribution in [3.05, 3.63) is 0 Å². The number of carboxylic acid groups (broad SMARTS) is 1. The van der Waals surface area contributed by atoms with Gasteiger partial charge in [0.2, 0.25) is 0 Å². The van der Waals surface area contributed by atoms with Crippen molar-refractivity contribution in [3.63, 3.8) is 0 Å². The average Bonchev–Trinajstić information content (AvgIpc) is 1.80. The molecule has 10 heavy (non-hydrogen) atoms. The summed E-state index contributed by atoms with van der Waals surface area (Å²) in [5.41, 5.74) is -1.27. The van der Waals surface area contributed by atoms with Crippen LogP contribution in [0.15, 0.2) is 0 Å². The lowest BCUT2D eigenvalue weighted by molar-refractivity contribution is -0.250. The first-order chi connectivity index (χ1) is 4.67. The summed E-state index contributed by atoms with van der Waals surface area (Å²) in [5, 5.41) is 8.51. The van der Waals surface area contributed by atoms with Crippen molar-refractivity contribution in [2.75, 3.05) is 6.54 Å². The number of ether oxygens (including phenoxy) is 1. The number of aliphatic carboxylic acids is 1. The number of nitrogens with zero attached hydrogens (tertiary/aromatic N) is 1. The Kier molecular flexibility index (Phi) is 0.693. The molecule has 0 aromatic heterocycles. The quantitative estimate of drug-likeness (QED) is 0.543. The number of carbonyl (C=O) groups is 2. The van der Waals surface area contributed by atoms with Gasteiger partial charge in [-0.2, -0.15) is 0 Å². The third-order valence-electron chi connectivity index (χ3n) is 1.92. The van der Waals surface area contributed by atoms with Crippen molar-refractivity contribution < 1.29 is 19.4 Å². The van der Waals surface area contributed by atoms with Crippen molar-refractivity contribution in [3.8, 4) is 0 Å². The van der Waals surface area contributed by atoms with Crippen molar-refractivity contribution in [2.24, 2.45) is 0 Å². The molecule has 1 amide bonds. The largest absolute Gasteiger partial charge is 0.477 e. The lowest BCUT2D eigenvalue weighted by atomic mass is 9.96. The fourth-order valence-electron chi connectivity index (χ4n) is 1.20. The zero-order chi connectivity index (χ0) is 7.35. The van der Waals surface area contributed by atoms with Gasteiger partial charge in [-0.1, -0.05) is 0 Å². The molecular weight excluding hydrogens is 138 g/mol. The molecule has 0 radical (unpaired) electrons. The summed E-state index contributed by atoms with van der Waals surface area (Å²) in [6.07, 6.45) is -0.109. The highest BCUT2D eigenvalue weighted by molar-refractivity contribution is 5.92. The van der Waals surface area contributed by atoms with Gasteiger partial charge in [-0.15, -0.1) is 0 Å². The summed E-state index contributed by atoms with van der Waals surface area (Å²) < 4.78 is 4.47. The molecule has 54 valence electrons. The van der Waals surface area contributed by atoms with Crippen LogP contribution in [-0.4, -0.2) is 34.3 Å². The molecule has 0 bridgehead atoms. The highest BCUT2D eigenvalue weighted by atomic mass is 16.7. The number of amides is 1. The minimum Gasteiger partial charge on any atom is -0.477 e. The number of carbonyl (C=O) groups excluding carboxylic acids is 1. The monoisotopic (exact) mass is 143 g/mol. The van der Waals surface area contributed by atoms with E-state index in [1.165, 1.54) is 4.90 Å². The lowest BCUT2D eigenvalue weighted by Crippen LogP contribution is -2.77. The maximum absolute atomic E-state index is 10.4. The summed E-state index contributed by atoms with van der Waals surface area (Å²) in [6, 6.07) is 0. The predicted octanol–water partition coefficient (Wildman–Crippen LogP) is -0.377. The second kappa shape index (κ2) is 1.25. The first-order valence-corrected chi connectivity index (χ1v) is 2.91. The van der Waals surface area contributed by atoms with Crippen LogP contribution in [0, 0.1) is 0 Å². The Morgan fingerprint density at radius 3 is 2.60 bits per heavy atom. The summed E-state index contributed by atoms with van der Waals surface area (Å²) >= 11 is 0. The Morgan fingerprint density at radius 2 is 2.50 bits per heavy atom. The number of hydrogen-bond donors (Lipinski definition) is 1. The third kappa shape index (κ3) is 0.335. The molecule has 1 N–H and O–H groups in total. The maximum Gasteiger partial charge on any atom is 0.416 e. The van der Waals surface area contributed by atoms with E-state index < -0.39 is 17.8 Å².